The van der Waals surface area contributed by atoms with Crippen LogP contribution in [0.25, 0.3) is 0 Å². The molecule has 0 aliphatic carbocycles. The zero-order chi connectivity index (χ0) is 17.2. The monoisotopic (exact) mass is 325 g/mol. The number of ether oxygens (including phenoxy) is 1. The van der Waals surface area contributed by atoms with Crippen molar-refractivity contribution in [1.29, 1.82) is 5.26 Å². The first-order valence-corrected chi connectivity index (χ1v) is 8.28. The van der Waals surface area contributed by atoms with Crippen molar-refractivity contribution in [3.8, 4) is 6.07 Å². The largest absolute Gasteiger partial charge is 0.361 e. The van der Waals surface area contributed by atoms with Gasteiger partial charge in [-0.1, -0.05) is 18.2 Å². The lowest BCUT2D eigenvalue weighted by Gasteiger charge is -2.30. The van der Waals surface area contributed by atoms with Gasteiger partial charge in [0.25, 0.3) is 0 Å². The fraction of sp³-hybridized carbons (Fsp3) is 0.350. The van der Waals surface area contributed by atoms with E-state index < -0.39 is 5.60 Å². The van der Waals surface area contributed by atoms with Crippen LogP contribution in [0.1, 0.15) is 35.1 Å². The molecule has 0 fully saturated rings. The fourth-order valence-electron chi connectivity index (χ4n) is 3.46. The summed E-state index contributed by atoms with van der Waals surface area (Å²) < 4.78 is 19.6. The standard InChI is InChI=1S/C20H21FN2O/c1-23(2)11-3-10-20(17-5-7-18(21)8-6-17)19-9-4-15(13-22)12-16(19)14-24-20/h4-9,12H,3,10-11,14H2,1-2H3/p+1/t20-/m0/s1. The Morgan fingerprint density at radius 2 is 1.96 bits per heavy atom. The molecule has 4 heteroatoms. The van der Waals surface area contributed by atoms with Gasteiger partial charge in [-0.15, -0.1) is 0 Å². The molecule has 0 saturated heterocycles. The highest BCUT2D eigenvalue weighted by atomic mass is 19.1. The Hall–Kier alpha value is -2.22. The maximum absolute atomic E-state index is 13.4. The second-order valence-electron chi connectivity index (χ2n) is 6.67. The Morgan fingerprint density at radius 1 is 1.21 bits per heavy atom. The average molecular weight is 325 g/mol. The number of benzene rings is 2. The minimum Gasteiger partial charge on any atom is -0.361 e. The predicted octanol–water partition coefficient (Wildman–Crippen LogP) is 2.40. The van der Waals surface area contributed by atoms with Gasteiger partial charge >= 0.3 is 0 Å². The van der Waals surface area contributed by atoms with Gasteiger partial charge in [0, 0.05) is 0 Å². The van der Waals surface area contributed by atoms with E-state index in [-0.39, 0.29) is 5.82 Å². The van der Waals surface area contributed by atoms with Crippen molar-refractivity contribution in [2.75, 3.05) is 20.6 Å². The van der Waals surface area contributed by atoms with Crippen LogP contribution >= 0.6 is 0 Å². The van der Waals surface area contributed by atoms with Gasteiger partial charge in [0.15, 0.2) is 0 Å². The molecule has 2 aromatic rings. The van der Waals surface area contributed by atoms with E-state index >= 15 is 0 Å². The van der Waals surface area contributed by atoms with Gasteiger partial charge in [0.1, 0.15) is 11.4 Å². The van der Waals surface area contributed by atoms with Crippen LogP contribution in [0.5, 0.6) is 0 Å². The molecule has 0 radical (unpaired) electrons. The Bertz CT molecular complexity index is 764. The minimum atomic E-state index is -0.549. The molecule has 1 aliphatic heterocycles. The van der Waals surface area contributed by atoms with Crippen molar-refractivity contribution >= 4 is 0 Å². The summed E-state index contributed by atoms with van der Waals surface area (Å²) in [5.41, 5.74) is 3.22. The van der Waals surface area contributed by atoms with Crippen LogP contribution in [0.4, 0.5) is 4.39 Å². The Labute approximate surface area is 142 Å². The number of fused-ring (bicyclic) bond motifs is 1. The number of halogens is 1. The van der Waals surface area contributed by atoms with Crippen molar-refractivity contribution in [2.24, 2.45) is 0 Å². The third kappa shape index (κ3) is 3.06. The van der Waals surface area contributed by atoms with Gasteiger partial charge in [-0.25, -0.2) is 4.39 Å². The number of nitrogens with zero attached hydrogens (tertiary/aromatic N) is 1. The van der Waals surface area contributed by atoms with E-state index in [1.165, 1.54) is 17.0 Å². The van der Waals surface area contributed by atoms with Gasteiger partial charge in [-0.3, -0.25) is 0 Å². The molecule has 1 heterocycles. The summed E-state index contributed by atoms with van der Waals surface area (Å²) in [6, 6.07) is 14.5. The van der Waals surface area contributed by atoms with Crippen molar-refractivity contribution in [2.45, 2.75) is 25.0 Å². The van der Waals surface area contributed by atoms with Crippen LogP contribution in [0.2, 0.25) is 0 Å². The molecule has 1 atom stereocenters. The third-order valence-corrected chi connectivity index (χ3v) is 4.66. The van der Waals surface area contributed by atoms with Gasteiger partial charge in [0.2, 0.25) is 0 Å². The maximum atomic E-state index is 13.4. The molecular formula is C20H22FN2O+. The molecule has 3 nitrogen and oxygen atoms in total. The SMILES string of the molecule is C[NH+](C)CCC[C@@]1(c2ccc(F)cc2)OCc2cc(C#N)ccc21. The summed E-state index contributed by atoms with van der Waals surface area (Å²) in [6.45, 7) is 1.52. The molecular weight excluding hydrogens is 303 g/mol. The molecule has 1 N–H and O–H groups in total. The number of nitrogens with one attached hydrogen (secondary N) is 1. The number of hydrogen-bond acceptors (Lipinski definition) is 2. The molecule has 3 rings (SSSR count). The van der Waals surface area contributed by atoms with E-state index in [0.717, 1.165) is 36.1 Å². The Kier molecular flexibility index (Phi) is 4.66. The molecule has 0 bridgehead atoms. The van der Waals surface area contributed by atoms with E-state index in [9.17, 15) is 4.39 Å². The normalized spacial score (nSPS) is 19.3. The molecule has 0 saturated carbocycles. The summed E-state index contributed by atoms with van der Waals surface area (Å²) in [5.74, 6) is -0.246. The van der Waals surface area contributed by atoms with Gasteiger partial charge in [-0.2, -0.15) is 5.26 Å². The Morgan fingerprint density at radius 3 is 2.62 bits per heavy atom. The summed E-state index contributed by atoms with van der Waals surface area (Å²) in [4.78, 5) is 1.39. The summed E-state index contributed by atoms with van der Waals surface area (Å²) in [6.07, 6.45) is 1.84. The number of quaternary nitrogens is 1. The minimum absolute atomic E-state index is 0.246. The van der Waals surface area contributed by atoms with Crippen LogP contribution < -0.4 is 4.90 Å². The first-order valence-electron chi connectivity index (χ1n) is 8.28. The van der Waals surface area contributed by atoms with Crippen LogP contribution in [0, 0.1) is 17.1 Å². The maximum Gasteiger partial charge on any atom is 0.123 e. The second kappa shape index (κ2) is 6.72. The highest BCUT2D eigenvalue weighted by Crippen LogP contribution is 2.45. The van der Waals surface area contributed by atoms with Crippen LogP contribution in [-0.4, -0.2) is 20.6 Å². The summed E-state index contributed by atoms with van der Waals surface area (Å²) >= 11 is 0. The second-order valence-corrected chi connectivity index (χ2v) is 6.67. The van der Waals surface area contributed by atoms with E-state index in [1.54, 1.807) is 0 Å². The van der Waals surface area contributed by atoms with E-state index in [2.05, 4.69) is 20.2 Å². The lowest BCUT2D eigenvalue weighted by Crippen LogP contribution is -3.05. The van der Waals surface area contributed by atoms with Crippen molar-refractivity contribution in [1.82, 2.24) is 0 Å². The lowest BCUT2D eigenvalue weighted by atomic mass is 9.81. The first-order chi connectivity index (χ1) is 11.5. The highest BCUT2D eigenvalue weighted by molar-refractivity contribution is 5.47. The van der Waals surface area contributed by atoms with E-state index in [4.69, 9.17) is 10.00 Å². The number of nitriles is 1. The molecule has 0 unspecified atom stereocenters. The molecule has 0 spiro atoms. The van der Waals surface area contributed by atoms with Crippen molar-refractivity contribution in [3.63, 3.8) is 0 Å². The third-order valence-electron chi connectivity index (χ3n) is 4.66. The average Bonchev–Trinajstić information content (AvgIpc) is 2.94. The molecule has 124 valence electrons. The van der Waals surface area contributed by atoms with E-state index in [0.29, 0.717) is 12.2 Å². The fourth-order valence-corrected chi connectivity index (χ4v) is 3.46. The van der Waals surface area contributed by atoms with Crippen LogP contribution in [0.3, 0.4) is 0 Å². The zero-order valence-electron chi connectivity index (χ0n) is 14.1. The number of hydrogen-bond donors (Lipinski definition) is 1. The zero-order valence-corrected chi connectivity index (χ0v) is 14.1. The lowest BCUT2D eigenvalue weighted by molar-refractivity contribution is -0.858. The van der Waals surface area contributed by atoms with E-state index in [1.807, 2.05) is 30.3 Å². The highest BCUT2D eigenvalue weighted by Gasteiger charge is 2.41. The smallest absolute Gasteiger partial charge is 0.123 e. The summed E-state index contributed by atoms with van der Waals surface area (Å²) in [7, 11) is 4.26. The molecule has 0 aromatic heterocycles. The van der Waals surface area contributed by atoms with Crippen molar-refractivity contribution < 1.29 is 14.0 Å². The molecule has 24 heavy (non-hydrogen) atoms. The predicted molar refractivity (Wildman–Crippen MR) is 90.0 cm³/mol. The molecule has 1 aliphatic rings. The van der Waals surface area contributed by atoms with Gasteiger partial charge in [-0.05, 0) is 53.8 Å². The number of rotatable bonds is 5. The molecule has 0 amide bonds. The topological polar surface area (TPSA) is 37.5 Å². The summed E-state index contributed by atoms with van der Waals surface area (Å²) in [5, 5.41) is 9.11. The molecule has 2 aromatic carbocycles. The quantitative estimate of drug-likeness (QED) is 0.916. The van der Waals surface area contributed by atoms with Gasteiger partial charge < -0.3 is 9.64 Å². The van der Waals surface area contributed by atoms with Gasteiger partial charge in [0.05, 0.1) is 38.9 Å². The van der Waals surface area contributed by atoms with Crippen molar-refractivity contribution in [3.05, 3.63) is 70.5 Å². The van der Waals surface area contributed by atoms with Crippen LogP contribution in [-0.2, 0) is 16.9 Å². The Balaban J connectivity index is 2.02. The van der Waals surface area contributed by atoms with Crippen LogP contribution in [0.15, 0.2) is 42.5 Å². The first kappa shape index (κ1) is 16.6.